The molecule has 0 aliphatic carbocycles. The number of hydrogen-bond donors (Lipinski definition) is 1. The van der Waals surface area contributed by atoms with Crippen LogP contribution in [0.15, 0.2) is 4.99 Å². The van der Waals surface area contributed by atoms with Crippen molar-refractivity contribution >= 4 is 14.5 Å². The summed E-state index contributed by atoms with van der Waals surface area (Å²) in [6, 6.07) is 0. The fourth-order valence-corrected chi connectivity index (χ4v) is 9.17. The van der Waals surface area contributed by atoms with E-state index in [2.05, 4.69) is 87.4 Å². The summed E-state index contributed by atoms with van der Waals surface area (Å²) in [5, 5.41) is -0.0942. The Balaban J connectivity index is 5.50. The average Bonchev–Trinajstić information content (AvgIpc) is 2.19. The Kier molecular flexibility index (Phi) is 5.87. The Morgan fingerprint density at radius 1 is 0.850 bits per heavy atom. The summed E-state index contributed by atoms with van der Waals surface area (Å²) in [5.41, 5.74) is 0.227. The van der Waals surface area contributed by atoms with Gasteiger partial charge in [-0.25, -0.2) is 0 Å². The van der Waals surface area contributed by atoms with Gasteiger partial charge in [-0.2, -0.15) is 0 Å². The van der Waals surface area contributed by atoms with Crippen LogP contribution in [0.1, 0.15) is 76.2 Å². The van der Waals surface area contributed by atoms with Gasteiger partial charge in [-0.3, -0.25) is 4.99 Å². The topological polar surface area (TPSA) is 32.6 Å². The lowest BCUT2D eigenvalue weighted by Crippen LogP contribution is -2.56. The lowest BCUT2D eigenvalue weighted by atomic mass is 10.1. The number of aliphatic imine (C=N–C) groups is 1. The summed E-state index contributed by atoms with van der Waals surface area (Å²) in [6.07, 6.45) is 2.06. The van der Waals surface area contributed by atoms with Gasteiger partial charge in [-0.15, -0.1) is 0 Å². The molecule has 0 spiro atoms. The van der Waals surface area contributed by atoms with Gasteiger partial charge >= 0.3 is 0 Å². The Morgan fingerprint density at radius 2 is 1.20 bits per heavy atom. The van der Waals surface area contributed by atoms with Gasteiger partial charge in [-0.1, -0.05) is 55.4 Å². The van der Waals surface area contributed by atoms with Gasteiger partial charge in [-0.05, 0) is 42.3 Å². The zero-order chi connectivity index (χ0) is 16.6. The van der Waals surface area contributed by atoms with Crippen molar-refractivity contribution in [2.75, 3.05) is 0 Å². The van der Waals surface area contributed by atoms with Crippen LogP contribution in [-0.2, 0) is 0 Å². The molecule has 2 atom stereocenters. The first-order chi connectivity index (χ1) is 8.54. The molecule has 1 N–H and O–H groups in total. The van der Waals surface area contributed by atoms with Crippen LogP contribution in [0.3, 0.4) is 0 Å². The van der Waals surface area contributed by atoms with Crippen LogP contribution >= 0.6 is 0 Å². The van der Waals surface area contributed by atoms with Crippen LogP contribution in [0.5, 0.6) is 0 Å². The molecular weight excluding hydrogens is 262 g/mol. The van der Waals surface area contributed by atoms with E-state index >= 15 is 0 Å². The second kappa shape index (κ2) is 5.92. The predicted molar refractivity (Wildman–Crippen MR) is 94.2 cm³/mol. The highest BCUT2D eigenvalue weighted by molar-refractivity contribution is 6.79. The monoisotopic (exact) mass is 299 g/mol. The molecule has 0 aromatic heterocycles. The minimum Gasteiger partial charge on any atom is -0.430 e. The Morgan fingerprint density at radius 3 is 1.45 bits per heavy atom. The summed E-state index contributed by atoms with van der Waals surface area (Å²) in [7, 11) is -2.51. The standard InChI is InChI=1S/C17H37NOSi/c1-13(12-18-15(3,4)5)14(2)20(19,16(6,7)8)17(9,10)11/h12-14,19H,1-11H3/t13-,14-/m1/s1. The number of rotatable bonds is 3. The molecule has 0 fully saturated rings. The first-order valence-corrected chi connectivity index (χ1v) is 9.84. The Bertz CT molecular complexity index is 327. The Labute approximate surface area is 128 Å². The van der Waals surface area contributed by atoms with Crippen LogP contribution in [-0.4, -0.2) is 24.9 Å². The molecule has 20 heavy (non-hydrogen) atoms. The third-order valence-electron chi connectivity index (χ3n) is 4.43. The molecule has 0 unspecified atom stereocenters. The molecule has 0 amide bonds. The number of nitrogens with zero attached hydrogens (tertiary/aromatic N) is 1. The second-order valence-electron chi connectivity index (χ2n) is 9.36. The fourth-order valence-electron chi connectivity index (χ4n) is 3.34. The van der Waals surface area contributed by atoms with Gasteiger partial charge < -0.3 is 4.80 Å². The summed E-state index contributed by atoms with van der Waals surface area (Å²) in [6.45, 7) is 23.9. The smallest absolute Gasteiger partial charge is 0.202 e. The molecule has 0 aliphatic rings. The van der Waals surface area contributed by atoms with E-state index in [1.165, 1.54) is 0 Å². The highest BCUT2D eigenvalue weighted by atomic mass is 28.4. The maximum absolute atomic E-state index is 11.6. The third-order valence-corrected chi connectivity index (χ3v) is 10.8. The molecule has 0 saturated carbocycles. The number of hydrogen-bond acceptors (Lipinski definition) is 2. The third kappa shape index (κ3) is 4.42. The summed E-state index contributed by atoms with van der Waals surface area (Å²) < 4.78 is 0. The SMILES string of the molecule is C[C@H](C=NC(C)(C)C)[C@@H](C)[Si](O)(C(C)(C)C)C(C)(C)C. The fraction of sp³-hybridized carbons (Fsp3) is 0.941. The average molecular weight is 300 g/mol. The molecule has 0 aliphatic heterocycles. The minimum absolute atomic E-state index is 0.0445. The Hall–Kier alpha value is -0.153. The minimum atomic E-state index is -2.51. The van der Waals surface area contributed by atoms with E-state index < -0.39 is 8.32 Å². The molecule has 0 bridgehead atoms. The van der Waals surface area contributed by atoms with E-state index in [0.717, 1.165) is 0 Å². The van der Waals surface area contributed by atoms with E-state index in [1.807, 2.05) is 0 Å². The van der Waals surface area contributed by atoms with Crippen molar-refractivity contribution in [2.24, 2.45) is 10.9 Å². The highest BCUT2D eigenvalue weighted by Gasteiger charge is 2.56. The maximum atomic E-state index is 11.6. The second-order valence-corrected chi connectivity index (χ2v) is 14.8. The van der Waals surface area contributed by atoms with Gasteiger partial charge in [0.2, 0.25) is 8.32 Å². The molecule has 0 saturated heterocycles. The maximum Gasteiger partial charge on any atom is 0.202 e. The first-order valence-electron chi connectivity index (χ1n) is 7.82. The van der Waals surface area contributed by atoms with Gasteiger partial charge in [0, 0.05) is 6.21 Å². The summed E-state index contributed by atoms with van der Waals surface area (Å²) >= 11 is 0. The van der Waals surface area contributed by atoms with Gasteiger partial charge in [0.25, 0.3) is 0 Å². The van der Waals surface area contributed by atoms with E-state index in [0.29, 0.717) is 5.92 Å². The van der Waals surface area contributed by atoms with E-state index in [1.54, 1.807) is 0 Å². The molecule has 0 aromatic carbocycles. The van der Waals surface area contributed by atoms with Gasteiger partial charge in [0.05, 0.1) is 5.54 Å². The largest absolute Gasteiger partial charge is 0.430 e. The van der Waals surface area contributed by atoms with Gasteiger partial charge in [0.15, 0.2) is 0 Å². The van der Waals surface area contributed by atoms with Crippen LogP contribution in [0.2, 0.25) is 15.6 Å². The quantitative estimate of drug-likeness (QED) is 0.547. The summed E-state index contributed by atoms with van der Waals surface area (Å²) in [4.78, 5) is 16.3. The van der Waals surface area contributed by atoms with Crippen LogP contribution in [0, 0.1) is 5.92 Å². The van der Waals surface area contributed by atoms with Crippen molar-refractivity contribution < 1.29 is 4.80 Å². The first kappa shape index (κ1) is 19.8. The molecule has 0 aromatic rings. The predicted octanol–water partition coefficient (Wildman–Crippen LogP) is 5.42. The van der Waals surface area contributed by atoms with Crippen molar-refractivity contribution in [3.05, 3.63) is 0 Å². The normalized spacial score (nSPS) is 18.4. The van der Waals surface area contributed by atoms with E-state index in [4.69, 9.17) is 0 Å². The summed E-state index contributed by atoms with van der Waals surface area (Å²) in [5.74, 6) is 0.296. The lowest BCUT2D eigenvalue weighted by molar-refractivity contribution is 0.380. The molecule has 120 valence electrons. The lowest BCUT2D eigenvalue weighted by Gasteiger charge is -2.52. The van der Waals surface area contributed by atoms with Crippen molar-refractivity contribution in [1.29, 1.82) is 0 Å². The van der Waals surface area contributed by atoms with Crippen molar-refractivity contribution in [1.82, 2.24) is 0 Å². The van der Waals surface area contributed by atoms with Crippen molar-refractivity contribution in [3.8, 4) is 0 Å². The van der Waals surface area contributed by atoms with Crippen molar-refractivity contribution in [2.45, 2.75) is 97.3 Å². The molecule has 0 heterocycles. The zero-order valence-electron chi connectivity index (χ0n) is 15.6. The van der Waals surface area contributed by atoms with E-state index in [9.17, 15) is 4.80 Å². The zero-order valence-corrected chi connectivity index (χ0v) is 16.6. The molecule has 0 rings (SSSR count). The van der Waals surface area contributed by atoms with Crippen LogP contribution < -0.4 is 0 Å². The molecule has 2 nitrogen and oxygen atoms in total. The van der Waals surface area contributed by atoms with E-state index in [-0.39, 0.29) is 21.2 Å². The molecule has 0 radical (unpaired) electrons. The van der Waals surface area contributed by atoms with Crippen molar-refractivity contribution in [3.63, 3.8) is 0 Å². The van der Waals surface area contributed by atoms with Crippen LogP contribution in [0.4, 0.5) is 0 Å². The van der Waals surface area contributed by atoms with Gasteiger partial charge in [0.1, 0.15) is 0 Å². The molecule has 3 heteroatoms. The highest BCUT2D eigenvalue weighted by Crippen LogP contribution is 2.56. The van der Waals surface area contributed by atoms with Crippen LogP contribution in [0.25, 0.3) is 0 Å². The molecular formula is C17H37NOSi.